The van der Waals surface area contributed by atoms with Gasteiger partial charge in [0, 0.05) is 35.3 Å². The molecule has 0 fully saturated rings. The number of hydrogen-bond donors (Lipinski definition) is 1. The van der Waals surface area contributed by atoms with E-state index in [-0.39, 0.29) is 11.9 Å². The van der Waals surface area contributed by atoms with Crippen LogP contribution in [-0.4, -0.2) is 30.1 Å². The summed E-state index contributed by atoms with van der Waals surface area (Å²) >= 11 is 6.14. The molecule has 7 nitrogen and oxygen atoms in total. The van der Waals surface area contributed by atoms with Crippen LogP contribution in [0.15, 0.2) is 79.1 Å². The number of amides is 1. The third-order valence-electron chi connectivity index (χ3n) is 4.75. The number of nitrogens with zero attached hydrogens (tertiary/aromatic N) is 2. The number of hydrogen-bond acceptors (Lipinski definition) is 6. The van der Waals surface area contributed by atoms with Crippen molar-refractivity contribution in [2.24, 2.45) is 0 Å². The van der Waals surface area contributed by atoms with Crippen molar-refractivity contribution in [1.82, 2.24) is 9.97 Å². The van der Waals surface area contributed by atoms with Crippen LogP contribution in [0.1, 0.15) is 10.4 Å². The molecule has 0 aliphatic rings. The topological polar surface area (TPSA) is 82.6 Å². The molecule has 1 aromatic heterocycles. The number of ether oxygens (including phenoxy) is 3. The van der Waals surface area contributed by atoms with Crippen LogP contribution in [0.4, 0.5) is 5.69 Å². The first-order chi connectivity index (χ1) is 16.1. The lowest BCUT2D eigenvalue weighted by atomic mass is 10.1. The van der Waals surface area contributed by atoms with Gasteiger partial charge in [-0.05, 0) is 48.0 Å². The average Bonchev–Trinajstić information content (AvgIpc) is 2.85. The zero-order valence-electron chi connectivity index (χ0n) is 17.9. The summed E-state index contributed by atoms with van der Waals surface area (Å²) in [5.74, 6) is 1.52. The van der Waals surface area contributed by atoms with Gasteiger partial charge in [0.25, 0.3) is 5.91 Å². The lowest BCUT2D eigenvalue weighted by molar-refractivity contribution is 0.102. The van der Waals surface area contributed by atoms with Crippen molar-refractivity contribution in [3.63, 3.8) is 0 Å². The van der Waals surface area contributed by atoms with Gasteiger partial charge >= 0.3 is 6.01 Å². The lowest BCUT2D eigenvalue weighted by Crippen LogP contribution is -2.11. The summed E-state index contributed by atoms with van der Waals surface area (Å²) in [6.45, 7) is 0. The predicted octanol–water partition coefficient (Wildman–Crippen LogP) is 5.86. The Balaban J connectivity index is 1.47. The molecule has 1 N–H and O–H groups in total. The molecule has 0 atom stereocenters. The normalized spacial score (nSPS) is 10.4. The molecule has 0 aliphatic carbocycles. The molecule has 0 aliphatic heterocycles. The maximum absolute atomic E-state index is 12.7. The van der Waals surface area contributed by atoms with E-state index in [1.165, 1.54) is 7.11 Å². The molecule has 1 heterocycles. The van der Waals surface area contributed by atoms with Crippen molar-refractivity contribution in [2.75, 3.05) is 19.5 Å². The van der Waals surface area contributed by atoms with Gasteiger partial charge in [0.1, 0.15) is 17.2 Å². The molecule has 4 rings (SSSR count). The number of nitrogens with one attached hydrogen (secondary N) is 1. The van der Waals surface area contributed by atoms with Crippen molar-refractivity contribution in [3.05, 3.63) is 89.7 Å². The van der Waals surface area contributed by atoms with Crippen LogP contribution in [-0.2, 0) is 0 Å². The number of carbonyl (C=O) groups is 1. The van der Waals surface area contributed by atoms with Crippen LogP contribution >= 0.6 is 11.6 Å². The first-order valence-electron chi connectivity index (χ1n) is 9.95. The number of benzene rings is 3. The first-order valence-corrected chi connectivity index (χ1v) is 10.3. The Morgan fingerprint density at radius 1 is 0.848 bits per heavy atom. The van der Waals surface area contributed by atoms with E-state index in [0.29, 0.717) is 33.5 Å². The number of halogens is 1. The molecule has 0 saturated heterocycles. The van der Waals surface area contributed by atoms with E-state index in [2.05, 4.69) is 15.3 Å². The Bertz CT molecular complexity index is 1280. The highest BCUT2D eigenvalue weighted by Gasteiger charge is 2.10. The summed E-state index contributed by atoms with van der Waals surface area (Å²) in [4.78, 5) is 21.3. The molecule has 0 spiro atoms. The molecule has 3 aromatic carbocycles. The monoisotopic (exact) mass is 461 g/mol. The quantitative estimate of drug-likeness (QED) is 0.371. The highest BCUT2D eigenvalue weighted by atomic mass is 35.5. The zero-order chi connectivity index (χ0) is 23.2. The van der Waals surface area contributed by atoms with Crippen molar-refractivity contribution in [3.8, 4) is 34.4 Å². The summed E-state index contributed by atoms with van der Waals surface area (Å²) in [6.07, 6.45) is 3.28. The molecular weight excluding hydrogens is 442 g/mol. The average molecular weight is 462 g/mol. The van der Waals surface area contributed by atoms with E-state index in [9.17, 15) is 4.79 Å². The van der Waals surface area contributed by atoms with E-state index >= 15 is 0 Å². The van der Waals surface area contributed by atoms with Gasteiger partial charge in [-0.3, -0.25) is 4.79 Å². The van der Waals surface area contributed by atoms with E-state index in [0.717, 1.165) is 11.1 Å². The zero-order valence-corrected chi connectivity index (χ0v) is 18.7. The SMILES string of the molecule is COc1cccc(Oc2ncc(-c3cccc(C(=O)Nc4ccc(OC)c(Cl)c4)c3)cn2)c1. The molecule has 166 valence electrons. The van der Waals surface area contributed by atoms with E-state index < -0.39 is 0 Å². The largest absolute Gasteiger partial charge is 0.497 e. The van der Waals surface area contributed by atoms with Crippen LogP contribution in [0.3, 0.4) is 0 Å². The molecule has 0 bridgehead atoms. The van der Waals surface area contributed by atoms with Crippen molar-refractivity contribution >= 4 is 23.2 Å². The standard InChI is InChI=1S/C25H20ClN3O4/c1-31-20-7-4-8-21(13-20)33-25-27-14-18(15-28-25)16-5-3-6-17(11-16)24(30)29-19-9-10-23(32-2)22(26)12-19/h3-15H,1-2H3,(H,29,30). The molecule has 0 unspecified atom stereocenters. The molecule has 8 heteroatoms. The number of methoxy groups -OCH3 is 2. The fourth-order valence-corrected chi connectivity index (χ4v) is 3.33. The Kier molecular flexibility index (Phi) is 6.71. The van der Waals surface area contributed by atoms with E-state index in [1.807, 2.05) is 18.2 Å². The maximum Gasteiger partial charge on any atom is 0.321 e. The van der Waals surface area contributed by atoms with Gasteiger partial charge in [-0.15, -0.1) is 0 Å². The van der Waals surface area contributed by atoms with Crippen molar-refractivity contribution in [1.29, 1.82) is 0 Å². The highest BCUT2D eigenvalue weighted by Crippen LogP contribution is 2.28. The summed E-state index contributed by atoms with van der Waals surface area (Å²) in [6, 6.07) is 19.6. The minimum Gasteiger partial charge on any atom is -0.497 e. The number of aromatic nitrogens is 2. The highest BCUT2D eigenvalue weighted by molar-refractivity contribution is 6.32. The predicted molar refractivity (Wildman–Crippen MR) is 126 cm³/mol. The Hall–Kier alpha value is -4.10. The van der Waals surface area contributed by atoms with E-state index in [1.54, 1.807) is 68.0 Å². The minimum absolute atomic E-state index is 0.206. The maximum atomic E-state index is 12.7. The molecule has 1 amide bonds. The number of carbonyl (C=O) groups excluding carboxylic acids is 1. The molecule has 33 heavy (non-hydrogen) atoms. The second kappa shape index (κ2) is 10.0. The summed E-state index contributed by atoms with van der Waals surface area (Å²) < 4.78 is 16.0. The summed E-state index contributed by atoms with van der Waals surface area (Å²) in [5, 5.41) is 3.25. The van der Waals surface area contributed by atoms with Crippen LogP contribution in [0.2, 0.25) is 5.02 Å². The fourth-order valence-electron chi connectivity index (χ4n) is 3.08. The van der Waals surface area contributed by atoms with Gasteiger partial charge in [0.05, 0.1) is 19.2 Å². The molecule has 0 saturated carbocycles. The van der Waals surface area contributed by atoms with Crippen molar-refractivity contribution in [2.45, 2.75) is 0 Å². The van der Waals surface area contributed by atoms with Gasteiger partial charge in [-0.1, -0.05) is 29.8 Å². The molecule has 4 aromatic rings. The Morgan fingerprint density at radius 2 is 1.61 bits per heavy atom. The van der Waals surface area contributed by atoms with Crippen LogP contribution in [0, 0.1) is 0 Å². The minimum atomic E-state index is -0.267. The van der Waals surface area contributed by atoms with Crippen LogP contribution in [0.25, 0.3) is 11.1 Å². The fraction of sp³-hybridized carbons (Fsp3) is 0.0800. The Labute approximate surface area is 195 Å². The molecule has 0 radical (unpaired) electrons. The van der Waals surface area contributed by atoms with Gasteiger partial charge in [0.2, 0.25) is 0 Å². The summed E-state index contributed by atoms with van der Waals surface area (Å²) in [5.41, 5.74) is 2.59. The number of rotatable bonds is 7. The van der Waals surface area contributed by atoms with Crippen molar-refractivity contribution < 1.29 is 19.0 Å². The third-order valence-corrected chi connectivity index (χ3v) is 5.04. The van der Waals surface area contributed by atoms with Crippen LogP contribution in [0.5, 0.6) is 23.3 Å². The van der Waals surface area contributed by atoms with Crippen LogP contribution < -0.4 is 19.5 Å². The summed E-state index contributed by atoms with van der Waals surface area (Å²) in [7, 11) is 3.12. The third kappa shape index (κ3) is 5.39. The van der Waals surface area contributed by atoms with Gasteiger partial charge < -0.3 is 19.5 Å². The lowest BCUT2D eigenvalue weighted by Gasteiger charge is -2.09. The van der Waals surface area contributed by atoms with Gasteiger partial charge in [-0.2, -0.15) is 0 Å². The smallest absolute Gasteiger partial charge is 0.321 e. The van der Waals surface area contributed by atoms with E-state index in [4.69, 9.17) is 25.8 Å². The first kappa shape index (κ1) is 22.1. The van der Waals surface area contributed by atoms with Gasteiger partial charge in [-0.25, -0.2) is 9.97 Å². The molecular formula is C25H20ClN3O4. The number of anilines is 1. The second-order valence-electron chi connectivity index (χ2n) is 6.92. The second-order valence-corrected chi connectivity index (χ2v) is 7.33. The van der Waals surface area contributed by atoms with Gasteiger partial charge in [0.15, 0.2) is 0 Å². The Morgan fingerprint density at radius 3 is 2.33 bits per heavy atom.